The minimum Gasteiger partial charge on any atom is -0.508 e. The van der Waals surface area contributed by atoms with Crippen LogP contribution >= 0.6 is 0 Å². The smallest absolute Gasteiger partial charge is 0.254 e. The van der Waals surface area contributed by atoms with Crippen molar-refractivity contribution in [3.05, 3.63) is 59.9 Å². The molecular formula is C18H19N3O2. The summed E-state index contributed by atoms with van der Waals surface area (Å²) in [6, 6.07) is 11.4. The molecule has 2 aromatic rings. The Balaban J connectivity index is 1.39. The molecule has 5 nitrogen and oxygen atoms in total. The van der Waals surface area contributed by atoms with Crippen LogP contribution in [-0.2, 0) is 6.54 Å². The van der Waals surface area contributed by atoms with Crippen molar-refractivity contribution >= 4 is 5.91 Å². The van der Waals surface area contributed by atoms with E-state index in [-0.39, 0.29) is 5.91 Å². The molecule has 0 bridgehead atoms. The lowest BCUT2D eigenvalue weighted by Gasteiger charge is -2.43. The maximum Gasteiger partial charge on any atom is 0.254 e. The van der Waals surface area contributed by atoms with Crippen LogP contribution in [0.15, 0.2) is 48.8 Å². The van der Waals surface area contributed by atoms with E-state index < -0.39 is 0 Å². The van der Waals surface area contributed by atoms with Crippen LogP contribution in [0.4, 0.5) is 0 Å². The number of amides is 1. The van der Waals surface area contributed by atoms with Crippen molar-refractivity contribution in [2.75, 3.05) is 19.6 Å². The van der Waals surface area contributed by atoms with E-state index in [1.165, 1.54) is 5.56 Å². The number of carbonyl (C=O) groups is 1. The number of phenols is 1. The average Bonchev–Trinajstić information content (AvgIpc) is 2.92. The van der Waals surface area contributed by atoms with Crippen LogP contribution in [0.3, 0.4) is 0 Å². The Hall–Kier alpha value is -2.40. The van der Waals surface area contributed by atoms with Crippen molar-refractivity contribution < 1.29 is 9.90 Å². The molecule has 0 aliphatic carbocycles. The van der Waals surface area contributed by atoms with Crippen LogP contribution in [-0.4, -0.2) is 51.5 Å². The van der Waals surface area contributed by atoms with E-state index in [2.05, 4.69) is 9.88 Å². The van der Waals surface area contributed by atoms with Gasteiger partial charge in [0, 0.05) is 56.1 Å². The highest BCUT2D eigenvalue weighted by atomic mass is 16.3. The van der Waals surface area contributed by atoms with E-state index >= 15 is 0 Å². The second-order valence-corrected chi connectivity index (χ2v) is 6.37. The van der Waals surface area contributed by atoms with Gasteiger partial charge in [0.1, 0.15) is 5.75 Å². The summed E-state index contributed by atoms with van der Waals surface area (Å²) >= 11 is 0. The Kier molecular flexibility index (Phi) is 3.50. The zero-order valence-electron chi connectivity index (χ0n) is 12.8. The molecule has 0 saturated carbocycles. The van der Waals surface area contributed by atoms with E-state index in [4.69, 9.17) is 0 Å². The van der Waals surface area contributed by atoms with Gasteiger partial charge < -0.3 is 10.0 Å². The number of carbonyl (C=O) groups excluding carboxylic acids is 1. The molecule has 118 valence electrons. The molecule has 1 aromatic carbocycles. The van der Waals surface area contributed by atoms with Gasteiger partial charge in [0.05, 0.1) is 0 Å². The van der Waals surface area contributed by atoms with E-state index in [9.17, 15) is 9.90 Å². The molecule has 2 saturated heterocycles. The summed E-state index contributed by atoms with van der Waals surface area (Å²) in [6.07, 6.45) is 3.32. The molecule has 2 aliphatic rings. The third kappa shape index (κ3) is 2.68. The van der Waals surface area contributed by atoms with Crippen LogP contribution in [0.5, 0.6) is 5.75 Å². The lowest BCUT2D eigenvalue weighted by molar-refractivity contribution is 0.0433. The highest BCUT2D eigenvalue weighted by molar-refractivity contribution is 5.94. The SMILES string of the molecule is O=C(c1ccncc1)N1CC2CN(Cc3ccc(O)cc3)C2C1. The maximum absolute atomic E-state index is 12.5. The molecule has 0 spiro atoms. The maximum atomic E-state index is 12.5. The molecule has 1 aromatic heterocycles. The third-order valence-electron chi connectivity index (χ3n) is 4.88. The van der Waals surface area contributed by atoms with Crippen molar-refractivity contribution in [3.8, 4) is 5.75 Å². The van der Waals surface area contributed by atoms with Gasteiger partial charge in [-0.25, -0.2) is 0 Å². The number of likely N-dealkylation sites (tertiary alicyclic amines) is 2. The lowest BCUT2D eigenvalue weighted by atomic mass is 9.91. The van der Waals surface area contributed by atoms with Gasteiger partial charge >= 0.3 is 0 Å². The molecule has 2 fully saturated rings. The van der Waals surface area contributed by atoms with Crippen molar-refractivity contribution in [1.82, 2.24) is 14.8 Å². The van der Waals surface area contributed by atoms with E-state index in [0.29, 0.717) is 23.3 Å². The third-order valence-corrected chi connectivity index (χ3v) is 4.88. The van der Waals surface area contributed by atoms with Gasteiger partial charge in [0.2, 0.25) is 0 Å². The second-order valence-electron chi connectivity index (χ2n) is 6.37. The number of rotatable bonds is 3. The minimum absolute atomic E-state index is 0.103. The van der Waals surface area contributed by atoms with E-state index in [1.54, 1.807) is 36.7 Å². The first-order valence-corrected chi connectivity index (χ1v) is 7.92. The summed E-state index contributed by atoms with van der Waals surface area (Å²) in [5.41, 5.74) is 1.91. The van der Waals surface area contributed by atoms with Gasteiger partial charge in [-0.05, 0) is 29.8 Å². The summed E-state index contributed by atoms with van der Waals surface area (Å²) in [7, 11) is 0. The molecule has 23 heavy (non-hydrogen) atoms. The zero-order valence-corrected chi connectivity index (χ0v) is 12.8. The molecular weight excluding hydrogens is 290 g/mol. The fraction of sp³-hybridized carbons (Fsp3) is 0.333. The Morgan fingerprint density at radius 3 is 2.57 bits per heavy atom. The number of hydrogen-bond acceptors (Lipinski definition) is 4. The number of aromatic nitrogens is 1. The Bertz CT molecular complexity index is 702. The molecule has 1 amide bonds. The fourth-order valence-electron chi connectivity index (χ4n) is 3.61. The highest BCUT2D eigenvalue weighted by Gasteiger charge is 2.46. The summed E-state index contributed by atoms with van der Waals surface area (Å²) in [5, 5.41) is 9.35. The Labute approximate surface area is 135 Å². The van der Waals surface area contributed by atoms with Crippen LogP contribution in [0, 0.1) is 5.92 Å². The molecule has 2 unspecified atom stereocenters. The topological polar surface area (TPSA) is 56.7 Å². The predicted octanol–water partition coefficient (Wildman–Crippen LogP) is 1.74. The summed E-state index contributed by atoms with van der Waals surface area (Å²) < 4.78 is 0. The van der Waals surface area contributed by atoms with Gasteiger partial charge in [0.25, 0.3) is 5.91 Å². The first-order chi connectivity index (χ1) is 11.2. The van der Waals surface area contributed by atoms with Gasteiger partial charge in [-0.2, -0.15) is 0 Å². The van der Waals surface area contributed by atoms with Gasteiger partial charge in [-0.3, -0.25) is 14.7 Å². The second kappa shape index (κ2) is 5.66. The fourth-order valence-corrected chi connectivity index (χ4v) is 3.61. The number of pyridine rings is 1. The molecule has 1 N–H and O–H groups in total. The van der Waals surface area contributed by atoms with Crippen molar-refractivity contribution in [3.63, 3.8) is 0 Å². The molecule has 0 radical (unpaired) electrons. The van der Waals surface area contributed by atoms with Crippen LogP contribution < -0.4 is 0 Å². The monoisotopic (exact) mass is 309 g/mol. The van der Waals surface area contributed by atoms with Crippen molar-refractivity contribution in [2.45, 2.75) is 12.6 Å². The van der Waals surface area contributed by atoms with E-state index in [1.807, 2.05) is 17.0 Å². The molecule has 2 atom stereocenters. The molecule has 2 aliphatic heterocycles. The minimum atomic E-state index is 0.103. The molecule has 4 rings (SSSR count). The van der Waals surface area contributed by atoms with Crippen molar-refractivity contribution in [1.29, 1.82) is 0 Å². The standard InChI is InChI=1S/C18H19N3O2/c22-16-3-1-13(2-4-16)9-20-10-15-11-21(12-17(15)20)18(23)14-5-7-19-8-6-14/h1-8,15,17,22H,9-12H2. The van der Waals surface area contributed by atoms with Gasteiger partial charge in [-0.15, -0.1) is 0 Å². The first-order valence-electron chi connectivity index (χ1n) is 7.92. The molecule has 3 heterocycles. The number of fused-ring (bicyclic) bond motifs is 1. The Morgan fingerprint density at radius 2 is 1.83 bits per heavy atom. The average molecular weight is 309 g/mol. The molecule has 5 heteroatoms. The quantitative estimate of drug-likeness (QED) is 0.938. The highest BCUT2D eigenvalue weighted by Crippen LogP contribution is 2.34. The predicted molar refractivity (Wildman–Crippen MR) is 85.9 cm³/mol. The number of phenolic OH excluding ortho intramolecular Hbond substituents is 1. The van der Waals surface area contributed by atoms with Crippen molar-refractivity contribution in [2.24, 2.45) is 5.92 Å². The zero-order chi connectivity index (χ0) is 15.8. The first kappa shape index (κ1) is 14.2. The number of nitrogens with zero attached hydrogens (tertiary/aromatic N) is 3. The largest absolute Gasteiger partial charge is 0.508 e. The van der Waals surface area contributed by atoms with Gasteiger partial charge in [-0.1, -0.05) is 12.1 Å². The summed E-state index contributed by atoms with van der Waals surface area (Å²) in [5.74, 6) is 0.981. The van der Waals surface area contributed by atoms with Crippen LogP contribution in [0.25, 0.3) is 0 Å². The van der Waals surface area contributed by atoms with Crippen LogP contribution in [0.1, 0.15) is 15.9 Å². The van der Waals surface area contributed by atoms with E-state index in [0.717, 1.165) is 26.2 Å². The lowest BCUT2D eigenvalue weighted by Crippen LogP contribution is -2.54. The number of aromatic hydroxyl groups is 1. The Morgan fingerprint density at radius 1 is 1.09 bits per heavy atom. The summed E-state index contributed by atoms with van der Waals surface area (Å²) in [6.45, 7) is 3.55. The normalized spacial score (nSPS) is 23.4. The number of hydrogen-bond donors (Lipinski definition) is 1. The van der Waals surface area contributed by atoms with Crippen LogP contribution in [0.2, 0.25) is 0 Å². The summed E-state index contributed by atoms with van der Waals surface area (Å²) in [4.78, 5) is 20.9. The number of benzene rings is 1. The van der Waals surface area contributed by atoms with Gasteiger partial charge in [0.15, 0.2) is 0 Å².